The second kappa shape index (κ2) is 3.81. The molecular formula is C9H14F2N2O. The second-order valence-corrected chi connectivity index (χ2v) is 3.96. The van der Waals surface area contributed by atoms with Crippen molar-refractivity contribution in [3.8, 4) is 0 Å². The highest BCUT2D eigenvalue weighted by molar-refractivity contribution is 5.84. The van der Waals surface area contributed by atoms with Crippen LogP contribution in [0.3, 0.4) is 0 Å². The summed E-state index contributed by atoms with van der Waals surface area (Å²) in [5.74, 6) is -0.155. The van der Waals surface area contributed by atoms with E-state index in [0.717, 1.165) is 12.8 Å². The van der Waals surface area contributed by atoms with Crippen molar-refractivity contribution in [1.82, 2.24) is 10.2 Å². The molecule has 1 aliphatic carbocycles. The first kappa shape index (κ1) is 9.83. The summed E-state index contributed by atoms with van der Waals surface area (Å²) in [6, 6.07) is 0.247. The Labute approximate surface area is 81.4 Å². The molecule has 3 nitrogen and oxygen atoms in total. The molecule has 2 aliphatic rings. The average Bonchev–Trinajstić information content (AvgIpc) is 2.86. The third-order valence-corrected chi connectivity index (χ3v) is 2.67. The minimum Gasteiger partial charge on any atom is -0.336 e. The number of nitrogens with one attached hydrogen (secondary N) is 1. The molecule has 1 atom stereocenters. The van der Waals surface area contributed by atoms with Gasteiger partial charge in [0.2, 0.25) is 5.91 Å². The van der Waals surface area contributed by atoms with Crippen molar-refractivity contribution in [3.05, 3.63) is 0 Å². The molecule has 14 heavy (non-hydrogen) atoms. The summed E-state index contributed by atoms with van der Waals surface area (Å²) < 4.78 is 24.1. The minimum absolute atomic E-state index is 0.155. The summed E-state index contributed by atoms with van der Waals surface area (Å²) in [5, 5.41) is 3.17. The minimum atomic E-state index is -2.42. The molecule has 0 bridgehead atoms. The van der Waals surface area contributed by atoms with Crippen molar-refractivity contribution in [3.63, 3.8) is 0 Å². The highest BCUT2D eigenvalue weighted by atomic mass is 19.3. The third kappa shape index (κ3) is 2.20. The zero-order chi connectivity index (χ0) is 10.1. The van der Waals surface area contributed by atoms with Crippen LogP contribution in [0.4, 0.5) is 8.78 Å². The molecular weight excluding hydrogens is 190 g/mol. The van der Waals surface area contributed by atoms with E-state index in [0.29, 0.717) is 19.0 Å². The predicted octanol–water partition coefficient (Wildman–Crippen LogP) is 0.604. The molecule has 1 saturated carbocycles. The lowest BCUT2D eigenvalue weighted by Crippen LogP contribution is -2.40. The number of amides is 1. The average molecular weight is 204 g/mol. The van der Waals surface area contributed by atoms with Gasteiger partial charge in [-0.15, -0.1) is 0 Å². The van der Waals surface area contributed by atoms with Gasteiger partial charge in [0, 0.05) is 12.6 Å². The van der Waals surface area contributed by atoms with E-state index in [9.17, 15) is 13.6 Å². The van der Waals surface area contributed by atoms with Crippen LogP contribution in [0.5, 0.6) is 0 Å². The van der Waals surface area contributed by atoms with Crippen LogP contribution < -0.4 is 5.32 Å². The van der Waals surface area contributed by atoms with Gasteiger partial charge in [-0.2, -0.15) is 0 Å². The van der Waals surface area contributed by atoms with Gasteiger partial charge in [0.05, 0.1) is 12.6 Å². The number of carbonyl (C=O) groups is 1. The maximum absolute atomic E-state index is 12.0. The Morgan fingerprint density at radius 2 is 2.14 bits per heavy atom. The Bertz CT molecular complexity index is 217. The molecule has 2 fully saturated rings. The standard InChI is InChI=1S/C9H14F2N2O/c10-8(11)5-13-4-3-7(9(13)14)12-6-1-2-6/h6-8,12H,1-5H2. The van der Waals surface area contributed by atoms with Gasteiger partial charge in [0.25, 0.3) is 6.43 Å². The summed E-state index contributed by atoms with van der Waals surface area (Å²) >= 11 is 0. The van der Waals surface area contributed by atoms with Crippen molar-refractivity contribution < 1.29 is 13.6 Å². The molecule has 0 aromatic rings. The Kier molecular flexibility index (Phi) is 2.67. The highest BCUT2D eigenvalue weighted by Crippen LogP contribution is 2.22. The zero-order valence-electron chi connectivity index (χ0n) is 7.88. The van der Waals surface area contributed by atoms with Gasteiger partial charge in [-0.1, -0.05) is 0 Å². The molecule has 1 saturated heterocycles. The maximum atomic E-state index is 12.0. The molecule has 1 amide bonds. The number of halogens is 2. The SMILES string of the molecule is O=C1C(NC2CC2)CCN1CC(F)F. The summed E-state index contributed by atoms with van der Waals surface area (Å²) in [5.41, 5.74) is 0. The normalized spacial score (nSPS) is 27.8. The molecule has 1 unspecified atom stereocenters. The number of nitrogens with zero attached hydrogens (tertiary/aromatic N) is 1. The van der Waals surface area contributed by atoms with E-state index >= 15 is 0 Å². The molecule has 1 aliphatic heterocycles. The number of hydrogen-bond acceptors (Lipinski definition) is 2. The lowest BCUT2D eigenvalue weighted by molar-refractivity contribution is -0.131. The monoisotopic (exact) mass is 204 g/mol. The number of rotatable bonds is 4. The van der Waals surface area contributed by atoms with Crippen LogP contribution in [0.2, 0.25) is 0 Å². The highest BCUT2D eigenvalue weighted by Gasteiger charge is 2.36. The Hall–Kier alpha value is -0.710. The Morgan fingerprint density at radius 3 is 2.71 bits per heavy atom. The van der Waals surface area contributed by atoms with Crippen molar-refractivity contribution in [1.29, 1.82) is 0 Å². The fourth-order valence-electron chi connectivity index (χ4n) is 1.78. The van der Waals surface area contributed by atoms with Gasteiger partial charge in [0.1, 0.15) is 0 Å². The van der Waals surface area contributed by atoms with Gasteiger partial charge < -0.3 is 10.2 Å². The maximum Gasteiger partial charge on any atom is 0.255 e. The van der Waals surface area contributed by atoms with Crippen LogP contribution in [0.15, 0.2) is 0 Å². The van der Waals surface area contributed by atoms with Gasteiger partial charge >= 0.3 is 0 Å². The number of alkyl halides is 2. The first-order valence-electron chi connectivity index (χ1n) is 5.00. The lowest BCUT2D eigenvalue weighted by Gasteiger charge is -2.16. The fourth-order valence-corrected chi connectivity index (χ4v) is 1.78. The van der Waals surface area contributed by atoms with Gasteiger partial charge in [-0.05, 0) is 19.3 Å². The molecule has 0 aromatic carbocycles. The molecule has 1 N–H and O–H groups in total. The zero-order valence-corrected chi connectivity index (χ0v) is 7.88. The number of likely N-dealkylation sites (tertiary alicyclic amines) is 1. The first-order valence-corrected chi connectivity index (χ1v) is 5.00. The van der Waals surface area contributed by atoms with Crippen LogP contribution in [-0.4, -0.2) is 42.4 Å². The van der Waals surface area contributed by atoms with Crippen molar-refractivity contribution in [2.45, 2.75) is 37.8 Å². The van der Waals surface area contributed by atoms with Crippen LogP contribution in [0.25, 0.3) is 0 Å². The second-order valence-electron chi connectivity index (χ2n) is 3.96. The quantitative estimate of drug-likeness (QED) is 0.727. The van der Waals surface area contributed by atoms with E-state index in [1.807, 2.05) is 0 Å². The van der Waals surface area contributed by atoms with Crippen LogP contribution >= 0.6 is 0 Å². The van der Waals surface area contributed by atoms with E-state index in [-0.39, 0.29) is 11.9 Å². The smallest absolute Gasteiger partial charge is 0.255 e. The largest absolute Gasteiger partial charge is 0.336 e. The summed E-state index contributed by atoms with van der Waals surface area (Å²) in [4.78, 5) is 12.8. The lowest BCUT2D eigenvalue weighted by atomic mass is 10.2. The molecule has 1 heterocycles. The van der Waals surface area contributed by atoms with E-state index in [2.05, 4.69) is 5.32 Å². The van der Waals surface area contributed by atoms with Crippen molar-refractivity contribution in [2.75, 3.05) is 13.1 Å². The van der Waals surface area contributed by atoms with Crippen molar-refractivity contribution >= 4 is 5.91 Å². The van der Waals surface area contributed by atoms with Gasteiger partial charge in [0.15, 0.2) is 0 Å². The third-order valence-electron chi connectivity index (χ3n) is 2.67. The fraction of sp³-hybridized carbons (Fsp3) is 0.889. The van der Waals surface area contributed by atoms with Crippen molar-refractivity contribution in [2.24, 2.45) is 0 Å². The molecule has 5 heteroatoms. The van der Waals surface area contributed by atoms with Crippen LogP contribution in [-0.2, 0) is 4.79 Å². The Morgan fingerprint density at radius 1 is 1.43 bits per heavy atom. The van der Waals surface area contributed by atoms with E-state index in [1.165, 1.54) is 4.90 Å². The number of carbonyl (C=O) groups excluding carboxylic acids is 1. The van der Waals surface area contributed by atoms with E-state index in [4.69, 9.17) is 0 Å². The summed E-state index contributed by atoms with van der Waals surface area (Å²) in [6.45, 7) is 0.0508. The van der Waals surface area contributed by atoms with Crippen LogP contribution in [0.1, 0.15) is 19.3 Å². The molecule has 0 spiro atoms. The topological polar surface area (TPSA) is 32.3 Å². The molecule has 80 valence electrons. The summed E-state index contributed by atoms with van der Waals surface area (Å²) in [6.07, 6.45) is 0.470. The molecule has 0 radical (unpaired) electrons. The Balaban J connectivity index is 1.82. The van der Waals surface area contributed by atoms with Crippen LogP contribution in [0, 0.1) is 0 Å². The van der Waals surface area contributed by atoms with Gasteiger partial charge in [-0.3, -0.25) is 4.79 Å². The van der Waals surface area contributed by atoms with Gasteiger partial charge in [-0.25, -0.2) is 8.78 Å². The summed E-state index contributed by atoms with van der Waals surface area (Å²) in [7, 11) is 0. The predicted molar refractivity (Wildman–Crippen MR) is 47.1 cm³/mol. The molecule has 0 aromatic heterocycles. The van der Waals surface area contributed by atoms with E-state index < -0.39 is 13.0 Å². The first-order chi connectivity index (χ1) is 6.66. The van der Waals surface area contributed by atoms with E-state index in [1.54, 1.807) is 0 Å². The molecule has 2 rings (SSSR count). The number of hydrogen-bond donors (Lipinski definition) is 1.